The molecule has 7 nitrogen and oxygen atoms in total. The van der Waals surface area contributed by atoms with E-state index in [4.69, 9.17) is 11.6 Å². The molecule has 0 fully saturated rings. The van der Waals surface area contributed by atoms with E-state index in [1.807, 2.05) is 0 Å². The summed E-state index contributed by atoms with van der Waals surface area (Å²) in [5, 5.41) is 10.8. The van der Waals surface area contributed by atoms with Crippen molar-refractivity contribution in [2.24, 2.45) is 0 Å². The molecule has 2 heterocycles. The number of pyridine rings is 1. The average Bonchev–Trinajstić information content (AvgIpc) is 2.39. The molecule has 0 atom stereocenters. The van der Waals surface area contributed by atoms with Gasteiger partial charge in [0.05, 0.1) is 28.4 Å². The molecule has 0 spiro atoms. The summed E-state index contributed by atoms with van der Waals surface area (Å²) in [5.74, 6) is 0.456. The van der Waals surface area contributed by atoms with Crippen LogP contribution in [0.4, 0.5) is 11.5 Å². The number of aromatic nitrogens is 3. The van der Waals surface area contributed by atoms with E-state index in [1.165, 1.54) is 12.3 Å². The summed E-state index contributed by atoms with van der Waals surface area (Å²) in [4.78, 5) is 23.9. The van der Waals surface area contributed by atoms with Gasteiger partial charge < -0.3 is 4.90 Å². The Hall–Kier alpha value is -2.28. The summed E-state index contributed by atoms with van der Waals surface area (Å²) >= 11 is 5.99. The van der Waals surface area contributed by atoms with Crippen LogP contribution in [0.2, 0.25) is 5.02 Å². The highest BCUT2D eigenvalue weighted by Gasteiger charge is 2.14. The molecule has 2 aromatic rings. The van der Waals surface area contributed by atoms with E-state index in [1.54, 1.807) is 30.5 Å². The van der Waals surface area contributed by atoms with E-state index in [9.17, 15) is 10.1 Å². The minimum absolute atomic E-state index is 0.137. The second-order valence-electron chi connectivity index (χ2n) is 3.81. The summed E-state index contributed by atoms with van der Waals surface area (Å²) in [6.45, 7) is 0.457. The van der Waals surface area contributed by atoms with Gasteiger partial charge in [-0.3, -0.25) is 20.1 Å². The molecule has 0 aliphatic carbocycles. The van der Waals surface area contributed by atoms with Crippen molar-refractivity contribution in [3.05, 3.63) is 51.7 Å². The van der Waals surface area contributed by atoms with E-state index in [0.29, 0.717) is 12.4 Å². The predicted molar refractivity (Wildman–Crippen MR) is 70.0 cm³/mol. The monoisotopic (exact) mass is 279 g/mol. The van der Waals surface area contributed by atoms with Crippen LogP contribution in [0.15, 0.2) is 30.9 Å². The Morgan fingerprint density at radius 1 is 1.37 bits per heavy atom. The third kappa shape index (κ3) is 3.14. The summed E-state index contributed by atoms with van der Waals surface area (Å²) in [6, 6.07) is 1.27. The fraction of sp³-hybridized carbons (Fsp3) is 0.182. The van der Waals surface area contributed by atoms with Crippen LogP contribution in [0.1, 0.15) is 5.69 Å². The molecule has 98 valence electrons. The number of hydrogen-bond acceptors (Lipinski definition) is 6. The molecule has 0 radical (unpaired) electrons. The van der Waals surface area contributed by atoms with Crippen LogP contribution in [-0.4, -0.2) is 26.9 Å². The van der Waals surface area contributed by atoms with Crippen LogP contribution in [-0.2, 0) is 6.54 Å². The fourth-order valence-corrected chi connectivity index (χ4v) is 1.84. The van der Waals surface area contributed by atoms with Gasteiger partial charge in [0.1, 0.15) is 12.0 Å². The first-order valence-electron chi connectivity index (χ1n) is 5.34. The SMILES string of the molecule is CN(Cc1cnccn1)c1ncc([N+](=O)[O-])cc1Cl. The van der Waals surface area contributed by atoms with Crippen LogP contribution in [0.3, 0.4) is 0 Å². The number of halogens is 1. The molecule has 0 aromatic carbocycles. The van der Waals surface area contributed by atoms with E-state index < -0.39 is 4.92 Å². The van der Waals surface area contributed by atoms with Crippen molar-refractivity contribution in [2.45, 2.75) is 6.54 Å². The Morgan fingerprint density at radius 3 is 2.74 bits per heavy atom. The van der Waals surface area contributed by atoms with Crippen molar-refractivity contribution >= 4 is 23.1 Å². The first kappa shape index (κ1) is 13.2. The normalized spacial score (nSPS) is 10.2. The van der Waals surface area contributed by atoms with Crippen LogP contribution in [0.5, 0.6) is 0 Å². The zero-order chi connectivity index (χ0) is 13.8. The molecule has 0 unspecified atom stereocenters. The lowest BCUT2D eigenvalue weighted by molar-refractivity contribution is -0.385. The minimum Gasteiger partial charge on any atom is -0.352 e. The Bertz CT molecular complexity index is 593. The third-order valence-corrected chi connectivity index (χ3v) is 2.67. The van der Waals surface area contributed by atoms with E-state index in [2.05, 4.69) is 15.0 Å². The van der Waals surface area contributed by atoms with Gasteiger partial charge in [0.25, 0.3) is 5.69 Å². The quantitative estimate of drug-likeness (QED) is 0.629. The molecule has 2 rings (SSSR count). The first-order valence-corrected chi connectivity index (χ1v) is 5.71. The number of nitro groups is 1. The fourth-order valence-electron chi connectivity index (χ4n) is 1.53. The maximum absolute atomic E-state index is 10.6. The number of hydrogen-bond donors (Lipinski definition) is 0. The maximum atomic E-state index is 10.6. The van der Waals surface area contributed by atoms with Crippen LogP contribution < -0.4 is 4.90 Å². The average molecular weight is 280 g/mol. The van der Waals surface area contributed by atoms with Crippen molar-refractivity contribution < 1.29 is 4.92 Å². The number of nitrogens with zero attached hydrogens (tertiary/aromatic N) is 5. The number of rotatable bonds is 4. The zero-order valence-corrected chi connectivity index (χ0v) is 10.8. The summed E-state index contributed by atoms with van der Waals surface area (Å²) in [5.41, 5.74) is 0.614. The van der Waals surface area contributed by atoms with Crippen molar-refractivity contribution in [1.29, 1.82) is 0 Å². The lowest BCUT2D eigenvalue weighted by atomic mass is 10.3. The second kappa shape index (κ2) is 5.57. The topological polar surface area (TPSA) is 85.0 Å². The van der Waals surface area contributed by atoms with Crippen LogP contribution >= 0.6 is 11.6 Å². The van der Waals surface area contributed by atoms with Crippen molar-refractivity contribution in [1.82, 2.24) is 15.0 Å². The third-order valence-electron chi connectivity index (χ3n) is 2.40. The Labute approximate surface area is 114 Å². The van der Waals surface area contributed by atoms with Gasteiger partial charge in [0.2, 0.25) is 0 Å². The van der Waals surface area contributed by atoms with Crippen molar-refractivity contribution in [3.8, 4) is 0 Å². The predicted octanol–water partition coefficient (Wildman–Crippen LogP) is 2.07. The second-order valence-corrected chi connectivity index (χ2v) is 4.22. The molecule has 2 aromatic heterocycles. The molecule has 0 amide bonds. The van der Waals surface area contributed by atoms with Gasteiger partial charge in [-0.2, -0.15) is 0 Å². The molecular formula is C11H10ClN5O2. The minimum atomic E-state index is -0.536. The molecule has 0 saturated heterocycles. The zero-order valence-electron chi connectivity index (χ0n) is 10.0. The van der Waals surface area contributed by atoms with Gasteiger partial charge in [0.15, 0.2) is 0 Å². The molecular weight excluding hydrogens is 270 g/mol. The highest BCUT2D eigenvalue weighted by Crippen LogP contribution is 2.26. The van der Waals surface area contributed by atoms with Gasteiger partial charge in [-0.1, -0.05) is 11.6 Å². The van der Waals surface area contributed by atoms with E-state index in [-0.39, 0.29) is 10.7 Å². The lowest BCUT2D eigenvalue weighted by Crippen LogP contribution is -2.19. The van der Waals surface area contributed by atoms with Gasteiger partial charge in [-0.25, -0.2) is 4.98 Å². The molecule has 8 heteroatoms. The molecule has 0 bridgehead atoms. The van der Waals surface area contributed by atoms with Crippen LogP contribution in [0, 0.1) is 10.1 Å². The van der Waals surface area contributed by atoms with E-state index >= 15 is 0 Å². The van der Waals surface area contributed by atoms with Gasteiger partial charge in [0, 0.05) is 25.5 Å². The molecule has 19 heavy (non-hydrogen) atoms. The molecule has 0 aliphatic heterocycles. The Morgan fingerprint density at radius 2 is 2.16 bits per heavy atom. The van der Waals surface area contributed by atoms with Gasteiger partial charge >= 0.3 is 0 Å². The molecule has 0 aliphatic rings. The largest absolute Gasteiger partial charge is 0.352 e. The summed E-state index contributed by atoms with van der Waals surface area (Å²) in [6.07, 6.45) is 5.98. The smallest absolute Gasteiger partial charge is 0.289 e. The van der Waals surface area contributed by atoms with Crippen molar-refractivity contribution in [2.75, 3.05) is 11.9 Å². The summed E-state index contributed by atoms with van der Waals surface area (Å²) < 4.78 is 0. The van der Waals surface area contributed by atoms with Gasteiger partial charge in [-0.15, -0.1) is 0 Å². The molecule has 0 N–H and O–H groups in total. The highest BCUT2D eigenvalue weighted by atomic mass is 35.5. The molecule has 0 saturated carbocycles. The Balaban J connectivity index is 2.20. The lowest BCUT2D eigenvalue weighted by Gasteiger charge is -2.18. The number of anilines is 1. The van der Waals surface area contributed by atoms with E-state index in [0.717, 1.165) is 5.69 Å². The standard InChI is InChI=1S/C11H10ClN5O2/c1-16(7-8-5-13-2-3-14-8)11-10(12)4-9(6-15-11)17(18)19/h2-6H,7H2,1H3. The van der Waals surface area contributed by atoms with Crippen LogP contribution in [0.25, 0.3) is 0 Å². The van der Waals surface area contributed by atoms with Crippen molar-refractivity contribution in [3.63, 3.8) is 0 Å². The first-order chi connectivity index (χ1) is 9.08. The van der Waals surface area contributed by atoms with Gasteiger partial charge in [-0.05, 0) is 0 Å². The summed E-state index contributed by atoms with van der Waals surface area (Å²) in [7, 11) is 1.77. The highest BCUT2D eigenvalue weighted by molar-refractivity contribution is 6.33. The maximum Gasteiger partial charge on any atom is 0.289 e. The Kier molecular flexibility index (Phi) is 3.86.